The van der Waals surface area contributed by atoms with Gasteiger partial charge >= 0.3 is 0 Å². The largest absolute Gasteiger partial charge is 0.416 e. The first-order valence-electron chi connectivity index (χ1n) is 12.5. The number of fused-ring (bicyclic) bond motifs is 1. The molecule has 0 bridgehead atoms. The van der Waals surface area contributed by atoms with Crippen molar-refractivity contribution in [2.45, 2.75) is 91.2 Å². The molecule has 0 aromatic carbocycles. The Morgan fingerprint density at radius 2 is 1.88 bits per heavy atom. The molecule has 4 unspecified atom stereocenters. The molecule has 1 aliphatic heterocycles. The van der Waals surface area contributed by atoms with E-state index in [-0.39, 0.29) is 30.0 Å². The molecule has 32 heavy (non-hydrogen) atoms. The number of hydrogen-bond donors (Lipinski definition) is 1. The minimum Gasteiger partial charge on any atom is -0.416 e. The zero-order valence-corrected chi connectivity index (χ0v) is 22.0. The third-order valence-corrected chi connectivity index (χ3v) is 9.11. The lowest BCUT2D eigenvalue weighted by molar-refractivity contribution is -0.139. The van der Waals surface area contributed by atoms with E-state index in [0.29, 0.717) is 25.4 Å². The van der Waals surface area contributed by atoms with E-state index in [1.807, 2.05) is 0 Å². The molecular weight excluding hydrogens is 420 g/mol. The zero-order valence-electron chi connectivity index (χ0n) is 20.8. The molecule has 1 saturated heterocycles. The van der Waals surface area contributed by atoms with Crippen LogP contribution >= 0.6 is 0 Å². The molecule has 6 heteroatoms. The van der Waals surface area contributed by atoms with Gasteiger partial charge in [0.25, 0.3) is 0 Å². The summed E-state index contributed by atoms with van der Waals surface area (Å²) < 4.78 is 18.5. The SMILES string of the molecule is C[SiH](C)OC(C(C)(C)C)C1(C)C(=O)CCC1C1CCC2=CC3(CCC2=C1CO)OCCO3. The normalized spacial score (nSPS) is 33.8. The number of carbonyl (C=O) groups is 1. The summed E-state index contributed by atoms with van der Waals surface area (Å²) in [5.74, 6) is 0.219. The number of aliphatic hydroxyl groups excluding tert-OH is 1. The summed E-state index contributed by atoms with van der Waals surface area (Å²) in [6.07, 6.45) is 7.18. The minimum absolute atomic E-state index is 0.0623. The molecule has 3 aliphatic carbocycles. The Kier molecular flexibility index (Phi) is 6.67. The molecule has 1 heterocycles. The van der Waals surface area contributed by atoms with Crippen LogP contribution in [-0.4, -0.2) is 51.6 Å². The fraction of sp³-hybridized carbons (Fsp3) is 0.808. The first-order valence-corrected chi connectivity index (χ1v) is 15.3. The number of rotatable bonds is 5. The van der Waals surface area contributed by atoms with Crippen LogP contribution in [0.15, 0.2) is 22.8 Å². The van der Waals surface area contributed by atoms with Crippen LogP contribution in [0.4, 0.5) is 0 Å². The predicted octanol–water partition coefficient (Wildman–Crippen LogP) is 4.55. The average Bonchev–Trinajstić information content (AvgIpc) is 3.29. The molecule has 0 radical (unpaired) electrons. The molecule has 5 nitrogen and oxygen atoms in total. The minimum atomic E-state index is -1.34. The second-order valence-corrected chi connectivity index (χ2v) is 14.1. The number of allylic oxidation sites excluding steroid dienone is 2. The second-order valence-electron chi connectivity index (χ2n) is 11.8. The molecule has 0 amide bonds. The van der Waals surface area contributed by atoms with Crippen molar-refractivity contribution in [3.63, 3.8) is 0 Å². The summed E-state index contributed by atoms with van der Waals surface area (Å²) >= 11 is 0. The van der Waals surface area contributed by atoms with Gasteiger partial charge in [-0.15, -0.1) is 0 Å². The number of ether oxygens (including phenoxy) is 2. The highest BCUT2D eigenvalue weighted by Crippen LogP contribution is 2.57. The van der Waals surface area contributed by atoms with Crippen molar-refractivity contribution in [1.82, 2.24) is 0 Å². The molecule has 180 valence electrons. The Bertz CT molecular complexity index is 802. The molecular formula is C26H42O5Si. The van der Waals surface area contributed by atoms with Crippen molar-refractivity contribution in [3.05, 3.63) is 22.8 Å². The fourth-order valence-corrected chi connectivity index (χ4v) is 8.31. The van der Waals surface area contributed by atoms with Crippen LogP contribution in [0.5, 0.6) is 0 Å². The number of aliphatic hydroxyl groups is 1. The highest BCUT2D eigenvalue weighted by Gasteiger charge is 2.58. The van der Waals surface area contributed by atoms with Crippen LogP contribution in [0.1, 0.15) is 66.2 Å². The van der Waals surface area contributed by atoms with Gasteiger partial charge in [-0.1, -0.05) is 20.8 Å². The van der Waals surface area contributed by atoms with Gasteiger partial charge in [-0.3, -0.25) is 4.79 Å². The highest BCUT2D eigenvalue weighted by molar-refractivity contribution is 6.48. The Morgan fingerprint density at radius 1 is 1.19 bits per heavy atom. The fourth-order valence-electron chi connectivity index (χ4n) is 7.08. The smallest absolute Gasteiger partial charge is 0.188 e. The molecule has 1 N–H and O–H groups in total. The van der Waals surface area contributed by atoms with E-state index < -0.39 is 20.2 Å². The molecule has 4 rings (SSSR count). The quantitative estimate of drug-likeness (QED) is 0.607. The van der Waals surface area contributed by atoms with Gasteiger partial charge in [0.05, 0.1) is 31.3 Å². The van der Waals surface area contributed by atoms with E-state index in [2.05, 4.69) is 46.9 Å². The molecule has 0 aromatic rings. The van der Waals surface area contributed by atoms with E-state index in [9.17, 15) is 9.90 Å². The first-order chi connectivity index (χ1) is 15.0. The van der Waals surface area contributed by atoms with Crippen LogP contribution < -0.4 is 0 Å². The topological polar surface area (TPSA) is 65.0 Å². The van der Waals surface area contributed by atoms with Crippen LogP contribution in [0, 0.1) is 22.7 Å². The maximum Gasteiger partial charge on any atom is 0.188 e. The van der Waals surface area contributed by atoms with Crippen molar-refractivity contribution < 1.29 is 23.8 Å². The lowest BCUT2D eigenvalue weighted by Gasteiger charge is -2.49. The lowest BCUT2D eigenvalue weighted by atomic mass is 9.59. The van der Waals surface area contributed by atoms with E-state index >= 15 is 0 Å². The summed E-state index contributed by atoms with van der Waals surface area (Å²) in [6, 6.07) is 0. The monoisotopic (exact) mass is 462 g/mol. The highest BCUT2D eigenvalue weighted by atomic mass is 28.3. The molecule has 1 spiro atoms. The van der Waals surface area contributed by atoms with Gasteiger partial charge in [0, 0.05) is 12.8 Å². The Morgan fingerprint density at radius 3 is 2.47 bits per heavy atom. The van der Waals surface area contributed by atoms with Gasteiger partial charge < -0.3 is 19.0 Å². The second kappa shape index (κ2) is 8.77. The molecule has 0 aromatic heterocycles. The van der Waals surface area contributed by atoms with Gasteiger partial charge in [-0.25, -0.2) is 0 Å². The standard InChI is InChI=1S/C26H42O5Si/c1-24(2,3)23(31-32(5)6)25(4)21(9-10-22(25)28)19-8-7-17-15-26(29-13-14-30-26)12-11-18(17)20(19)16-27/h15,19,21,23,27,32H,7-14,16H2,1-6H3. The summed E-state index contributed by atoms with van der Waals surface area (Å²) in [5, 5.41) is 10.5. The van der Waals surface area contributed by atoms with Crippen LogP contribution in [0.3, 0.4) is 0 Å². The number of hydrogen-bond acceptors (Lipinski definition) is 5. The van der Waals surface area contributed by atoms with Gasteiger partial charge in [0.15, 0.2) is 14.8 Å². The van der Waals surface area contributed by atoms with E-state index in [0.717, 1.165) is 37.7 Å². The van der Waals surface area contributed by atoms with Crippen molar-refractivity contribution in [2.24, 2.45) is 22.7 Å². The predicted molar refractivity (Wildman–Crippen MR) is 128 cm³/mol. The number of Topliss-reactive ketones (excluding diaryl/α,β-unsaturated/α-hetero) is 1. The van der Waals surface area contributed by atoms with Crippen molar-refractivity contribution in [1.29, 1.82) is 0 Å². The molecule has 4 atom stereocenters. The maximum absolute atomic E-state index is 13.5. The molecule has 2 fully saturated rings. The van der Waals surface area contributed by atoms with Gasteiger partial charge in [-0.05, 0) is 85.7 Å². The van der Waals surface area contributed by atoms with E-state index in [1.165, 1.54) is 11.1 Å². The van der Waals surface area contributed by atoms with Crippen molar-refractivity contribution in [2.75, 3.05) is 19.8 Å². The third kappa shape index (κ3) is 4.11. The van der Waals surface area contributed by atoms with E-state index in [1.54, 1.807) is 0 Å². The summed E-state index contributed by atoms with van der Waals surface area (Å²) in [5.41, 5.74) is 3.08. The van der Waals surface area contributed by atoms with Gasteiger partial charge in [0.1, 0.15) is 5.78 Å². The number of ketones is 1. The Labute approximate surface area is 195 Å². The Balaban J connectivity index is 1.71. The number of carbonyl (C=O) groups excluding carboxylic acids is 1. The van der Waals surface area contributed by atoms with Gasteiger partial charge in [-0.2, -0.15) is 0 Å². The molecule has 1 saturated carbocycles. The first kappa shape index (κ1) is 24.3. The van der Waals surface area contributed by atoms with Crippen LogP contribution in [0.2, 0.25) is 13.1 Å². The van der Waals surface area contributed by atoms with Crippen molar-refractivity contribution in [3.8, 4) is 0 Å². The summed E-state index contributed by atoms with van der Waals surface area (Å²) in [6.45, 7) is 14.5. The molecule has 4 aliphatic rings. The summed E-state index contributed by atoms with van der Waals surface area (Å²) in [4.78, 5) is 13.5. The van der Waals surface area contributed by atoms with Crippen LogP contribution in [-0.2, 0) is 18.7 Å². The van der Waals surface area contributed by atoms with E-state index in [4.69, 9.17) is 13.9 Å². The summed E-state index contributed by atoms with van der Waals surface area (Å²) in [7, 11) is -1.34. The van der Waals surface area contributed by atoms with Crippen molar-refractivity contribution >= 4 is 14.8 Å². The zero-order chi connectivity index (χ0) is 23.3. The Hall–Kier alpha value is -0.793. The van der Waals surface area contributed by atoms with Crippen LogP contribution in [0.25, 0.3) is 0 Å². The average molecular weight is 463 g/mol. The maximum atomic E-state index is 13.5. The van der Waals surface area contributed by atoms with Gasteiger partial charge in [0.2, 0.25) is 0 Å². The lowest BCUT2D eigenvalue weighted by Crippen LogP contribution is -2.53. The third-order valence-electron chi connectivity index (χ3n) is 8.29.